The lowest BCUT2D eigenvalue weighted by Crippen LogP contribution is -2.24. The first-order valence-electron chi connectivity index (χ1n) is 10.0. The molecule has 0 fully saturated rings. The maximum atomic E-state index is 12.2. The number of halogens is 1. The monoisotopic (exact) mass is 469 g/mol. The van der Waals surface area contributed by atoms with E-state index >= 15 is 0 Å². The van der Waals surface area contributed by atoms with Gasteiger partial charge < -0.3 is 14.8 Å². The molecule has 1 heterocycles. The number of nitrogens with zero attached hydrogens (tertiary/aromatic N) is 3. The summed E-state index contributed by atoms with van der Waals surface area (Å²) in [6.07, 6.45) is 1.48. The van der Waals surface area contributed by atoms with E-state index in [1.807, 2.05) is 19.9 Å². The van der Waals surface area contributed by atoms with Crippen LogP contribution in [0.5, 0.6) is 11.5 Å². The van der Waals surface area contributed by atoms with Crippen molar-refractivity contribution in [1.82, 2.24) is 15.2 Å². The Bertz CT molecular complexity index is 1180. The summed E-state index contributed by atoms with van der Waals surface area (Å²) >= 11 is 6.04. The second kappa shape index (κ2) is 11.1. The zero-order chi connectivity index (χ0) is 23.8. The van der Waals surface area contributed by atoms with E-state index in [-0.39, 0.29) is 25.0 Å². The van der Waals surface area contributed by atoms with E-state index in [4.69, 9.17) is 21.1 Å². The van der Waals surface area contributed by atoms with E-state index in [1.165, 1.54) is 13.3 Å². The molecule has 0 unspecified atom stereocenters. The van der Waals surface area contributed by atoms with Crippen LogP contribution in [-0.2, 0) is 16.1 Å². The Balaban J connectivity index is 1.54. The van der Waals surface area contributed by atoms with Gasteiger partial charge in [0.2, 0.25) is 0 Å². The number of methoxy groups -OCH3 is 1. The maximum Gasteiger partial charge on any atom is 0.262 e. The van der Waals surface area contributed by atoms with Crippen LogP contribution in [0.1, 0.15) is 17.0 Å². The number of aromatic nitrogens is 2. The highest BCUT2D eigenvalue weighted by Gasteiger charge is 2.10. The number of hydrogen-bond acceptors (Lipinski definition) is 6. The molecule has 0 saturated carbocycles. The topological polar surface area (TPSA) is 107 Å². The van der Waals surface area contributed by atoms with Gasteiger partial charge in [0, 0.05) is 5.69 Å². The number of anilines is 1. The molecule has 2 aromatic carbocycles. The van der Waals surface area contributed by atoms with E-state index in [2.05, 4.69) is 20.9 Å². The summed E-state index contributed by atoms with van der Waals surface area (Å²) in [4.78, 5) is 24.2. The van der Waals surface area contributed by atoms with Crippen LogP contribution in [0, 0.1) is 13.8 Å². The molecule has 0 spiro atoms. The van der Waals surface area contributed by atoms with Crippen molar-refractivity contribution in [3.63, 3.8) is 0 Å². The van der Waals surface area contributed by atoms with Gasteiger partial charge in [-0.15, -0.1) is 0 Å². The quantitative estimate of drug-likeness (QED) is 0.369. The van der Waals surface area contributed by atoms with Gasteiger partial charge in [-0.3, -0.25) is 14.3 Å². The highest BCUT2D eigenvalue weighted by Crippen LogP contribution is 2.27. The number of carbonyl (C=O) groups is 2. The molecule has 172 valence electrons. The van der Waals surface area contributed by atoms with E-state index in [1.54, 1.807) is 47.1 Å². The Kier molecular flexibility index (Phi) is 8.04. The standard InChI is InChI=1S/C23H24ClN5O4/c1-15-10-16(2)29(28-15)13-22(30)27-25-12-17-8-9-20(21(11-17)32-3)33-14-23(31)26-19-7-5-4-6-18(19)24/h4-12H,13-14H2,1-3H3,(H,26,31)(H,27,30)/b25-12+. The molecule has 9 nitrogen and oxygen atoms in total. The smallest absolute Gasteiger partial charge is 0.262 e. The van der Waals surface area contributed by atoms with Crippen LogP contribution in [0.2, 0.25) is 5.02 Å². The van der Waals surface area contributed by atoms with Crippen LogP contribution in [-0.4, -0.2) is 41.5 Å². The van der Waals surface area contributed by atoms with Crippen molar-refractivity contribution in [3.8, 4) is 11.5 Å². The van der Waals surface area contributed by atoms with E-state index in [9.17, 15) is 9.59 Å². The molecule has 2 amide bonds. The van der Waals surface area contributed by atoms with Crippen molar-refractivity contribution >= 4 is 35.3 Å². The predicted octanol–water partition coefficient (Wildman–Crippen LogP) is 3.33. The summed E-state index contributed by atoms with van der Waals surface area (Å²) in [6.45, 7) is 3.60. The molecule has 1 aromatic heterocycles. The SMILES string of the molecule is COc1cc(/C=N/NC(=O)Cn2nc(C)cc2C)ccc1OCC(=O)Nc1ccccc1Cl. The first kappa shape index (κ1) is 23.8. The maximum absolute atomic E-state index is 12.2. The normalized spacial score (nSPS) is 10.8. The lowest BCUT2D eigenvalue weighted by atomic mass is 10.2. The van der Waals surface area contributed by atoms with Crippen molar-refractivity contribution in [3.05, 3.63) is 70.5 Å². The predicted molar refractivity (Wildman–Crippen MR) is 126 cm³/mol. The molecule has 0 aliphatic carbocycles. The molecule has 10 heteroatoms. The van der Waals surface area contributed by atoms with Crippen LogP contribution < -0.4 is 20.2 Å². The fourth-order valence-corrected chi connectivity index (χ4v) is 3.14. The number of hydrazone groups is 1. The molecule has 33 heavy (non-hydrogen) atoms. The van der Waals surface area contributed by atoms with Crippen LogP contribution in [0.3, 0.4) is 0 Å². The van der Waals surface area contributed by atoms with Crippen molar-refractivity contribution in [2.45, 2.75) is 20.4 Å². The number of ether oxygens (including phenoxy) is 2. The lowest BCUT2D eigenvalue weighted by molar-refractivity contribution is -0.122. The molecule has 3 aromatic rings. The summed E-state index contributed by atoms with van der Waals surface area (Å²) in [7, 11) is 1.49. The van der Waals surface area contributed by atoms with Crippen molar-refractivity contribution in [2.75, 3.05) is 19.0 Å². The van der Waals surface area contributed by atoms with Gasteiger partial charge in [0.05, 0.1) is 29.7 Å². The molecule has 0 radical (unpaired) electrons. The average molecular weight is 470 g/mol. The fraction of sp³-hybridized carbons (Fsp3) is 0.217. The van der Waals surface area contributed by atoms with Crippen LogP contribution in [0.25, 0.3) is 0 Å². The number of para-hydroxylation sites is 1. The molecular formula is C23H24ClN5O4. The summed E-state index contributed by atoms with van der Waals surface area (Å²) in [6, 6.07) is 13.9. The third kappa shape index (κ3) is 6.81. The van der Waals surface area contributed by atoms with Crippen LogP contribution in [0.15, 0.2) is 53.6 Å². The Hall–Kier alpha value is -3.85. The molecule has 0 aliphatic heterocycles. The zero-order valence-corrected chi connectivity index (χ0v) is 19.2. The van der Waals surface area contributed by atoms with Crippen LogP contribution in [0.4, 0.5) is 5.69 Å². The number of nitrogens with one attached hydrogen (secondary N) is 2. The van der Waals surface area contributed by atoms with Gasteiger partial charge in [0.15, 0.2) is 18.1 Å². The van der Waals surface area contributed by atoms with Crippen molar-refractivity contribution in [2.24, 2.45) is 5.10 Å². The number of amides is 2. The summed E-state index contributed by atoms with van der Waals surface area (Å²) < 4.78 is 12.5. The largest absolute Gasteiger partial charge is 0.493 e. The first-order valence-corrected chi connectivity index (χ1v) is 10.4. The third-order valence-electron chi connectivity index (χ3n) is 4.49. The molecule has 0 saturated heterocycles. The number of hydrogen-bond donors (Lipinski definition) is 2. The van der Waals surface area contributed by atoms with Gasteiger partial charge >= 0.3 is 0 Å². The fourth-order valence-electron chi connectivity index (χ4n) is 2.96. The zero-order valence-electron chi connectivity index (χ0n) is 18.5. The third-order valence-corrected chi connectivity index (χ3v) is 4.82. The number of rotatable bonds is 9. The highest BCUT2D eigenvalue weighted by molar-refractivity contribution is 6.33. The van der Waals surface area contributed by atoms with Crippen molar-refractivity contribution in [1.29, 1.82) is 0 Å². The Morgan fingerprint density at radius 2 is 1.91 bits per heavy atom. The van der Waals surface area contributed by atoms with Gasteiger partial charge in [0.1, 0.15) is 6.54 Å². The molecule has 0 aliphatic rings. The Morgan fingerprint density at radius 3 is 2.61 bits per heavy atom. The average Bonchev–Trinajstić information content (AvgIpc) is 3.10. The molecule has 3 rings (SSSR count). The molecule has 2 N–H and O–H groups in total. The molecule has 0 bridgehead atoms. The van der Waals surface area contributed by atoms with Crippen molar-refractivity contribution < 1.29 is 19.1 Å². The summed E-state index contributed by atoms with van der Waals surface area (Å²) in [5, 5.41) is 11.3. The second-order valence-electron chi connectivity index (χ2n) is 7.10. The minimum Gasteiger partial charge on any atom is -0.493 e. The minimum atomic E-state index is -0.360. The summed E-state index contributed by atoms with van der Waals surface area (Å²) in [5.41, 5.74) is 5.39. The number of carbonyl (C=O) groups excluding carboxylic acids is 2. The van der Waals surface area contributed by atoms with Gasteiger partial charge in [0.25, 0.3) is 11.8 Å². The number of benzene rings is 2. The van der Waals surface area contributed by atoms with Gasteiger partial charge in [-0.05, 0) is 55.8 Å². The van der Waals surface area contributed by atoms with E-state index in [0.717, 1.165) is 11.4 Å². The van der Waals surface area contributed by atoms with Crippen LogP contribution >= 0.6 is 11.6 Å². The van der Waals surface area contributed by atoms with E-state index in [0.29, 0.717) is 27.8 Å². The molecular weight excluding hydrogens is 446 g/mol. The Labute approximate surface area is 196 Å². The van der Waals surface area contributed by atoms with Gasteiger partial charge in [-0.2, -0.15) is 10.2 Å². The van der Waals surface area contributed by atoms with Gasteiger partial charge in [-0.1, -0.05) is 23.7 Å². The van der Waals surface area contributed by atoms with Gasteiger partial charge in [-0.25, -0.2) is 5.43 Å². The minimum absolute atomic E-state index is 0.0728. The second-order valence-corrected chi connectivity index (χ2v) is 7.51. The lowest BCUT2D eigenvalue weighted by Gasteiger charge is -2.12. The highest BCUT2D eigenvalue weighted by atomic mass is 35.5. The number of aryl methyl sites for hydroxylation is 2. The Morgan fingerprint density at radius 1 is 1.12 bits per heavy atom. The van der Waals surface area contributed by atoms with E-state index < -0.39 is 0 Å². The molecule has 0 atom stereocenters. The summed E-state index contributed by atoms with van der Waals surface area (Å²) in [5.74, 6) is 0.144. The first-order chi connectivity index (χ1) is 15.9.